The van der Waals surface area contributed by atoms with Gasteiger partial charge < -0.3 is 0 Å². The number of piperidine rings is 2. The molecule has 1 aromatic rings. The van der Waals surface area contributed by atoms with Crippen molar-refractivity contribution in [3.8, 4) is 0 Å². The Balaban J connectivity index is 1.51. The summed E-state index contributed by atoms with van der Waals surface area (Å²) in [6.45, 7) is 4.93. The van der Waals surface area contributed by atoms with E-state index in [0.29, 0.717) is 57.0 Å². The summed E-state index contributed by atoms with van der Waals surface area (Å²) in [4.78, 5) is 2.07. The Labute approximate surface area is 165 Å². The Morgan fingerprint density at radius 3 is 2.50 bits per heavy atom. The Morgan fingerprint density at radius 1 is 1.14 bits per heavy atom. The second kappa shape index (κ2) is 8.69. The molecule has 2 aliphatic rings. The fourth-order valence-electron chi connectivity index (χ4n) is 3.96. The van der Waals surface area contributed by atoms with Crippen LogP contribution in [-0.2, 0) is 22.9 Å². The molecule has 0 saturated carbocycles. The lowest BCUT2D eigenvalue weighted by Crippen LogP contribution is -2.51. The molecule has 9 heteroatoms. The van der Waals surface area contributed by atoms with E-state index in [9.17, 15) is 21.6 Å². The van der Waals surface area contributed by atoms with Crippen molar-refractivity contribution >= 4 is 10.2 Å². The molecule has 1 aromatic carbocycles. The highest BCUT2D eigenvalue weighted by molar-refractivity contribution is 7.87. The molecule has 0 amide bonds. The summed E-state index contributed by atoms with van der Waals surface area (Å²) in [7, 11) is -3.47. The van der Waals surface area contributed by atoms with Gasteiger partial charge in [0.2, 0.25) is 0 Å². The third kappa shape index (κ3) is 5.68. The number of hydrogen-bond acceptors (Lipinski definition) is 3. The van der Waals surface area contributed by atoms with Gasteiger partial charge >= 0.3 is 6.18 Å². The predicted molar refractivity (Wildman–Crippen MR) is 102 cm³/mol. The van der Waals surface area contributed by atoms with Crippen LogP contribution in [0.1, 0.15) is 43.7 Å². The Bertz CT molecular complexity index is 762. The molecule has 2 saturated heterocycles. The van der Waals surface area contributed by atoms with Crippen LogP contribution in [0.15, 0.2) is 24.3 Å². The predicted octanol–water partition coefficient (Wildman–Crippen LogP) is 3.24. The molecule has 28 heavy (non-hydrogen) atoms. The van der Waals surface area contributed by atoms with Crippen LogP contribution < -0.4 is 4.72 Å². The SMILES string of the molecule is C[C@H]1CCCN(S(=O)(=O)NC2CCN(Cc3cccc(C(F)(F)F)c3)CC2)C1. The van der Waals surface area contributed by atoms with E-state index in [-0.39, 0.29) is 6.04 Å². The lowest BCUT2D eigenvalue weighted by atomic mass is 10.0. The van der Waals surface area contributed by atoms with Crippen LogP contribution in [0.5, 0.6) is 0 Å². The molecule has 2 heterocycles. The zero-order valence-corrected chi connectivity index (χ0v) is 16.9. The number of halogens is 3. The molecule has 158 valence electrons. The smallest absolute Gasteiger partial charge is 0.299 e. The Kier molecular flexibility index (Phi) is 6.69. The molecule has 0 radical (unpaired) electrons. The number of nitrogens with one attached hydrogen (secondary N) is 1. The molecular weight excluding hydrogens is 391 g/mol. The summed E-state index contributed by atoms with van der Waals surface area (Å²) in [5.74, 6) is 0.375. The molecule has 1 N–H and O–H groups in total. The second-order valence-electron chi connectivity index (χ2n) is 7.98. The summed E-state index contributed by atoms with van der Waals surface area (Å²) >= 11 is 0. The van der Waals surface area contributed by atoms with Gasteiger partial charge in [-0.25, -0.2) is 0 Å². The molecule has 2 aliphatic heterocycles. The van der Waals surface area contributed by atoms with E-state index in [1.165, 1.54) is 16.4 Å². The topological polar surface area (TPSA) is 52.7 Å². The van der Waals surface area contributed by atoms with E-state index in [2.05, 4.69) is 16.5 Å². The molecule has 0 bridgehead atoms. The quantitative estimate of drug-likeness (QED) is 0.797. The summed E-state index contributed by atoms with van der Waals surface area (Å²) in [5.41, 5.74) is -0.0143. The van der Waals surface area contributed by atoms with E-state index < -0.39 is 21.9 Å². The minimum Gasteiger partial charge on any atom is -0.299 e. The number of rotatable bonds is 5. The number of hydrogen-bond donors (Lipinski definition) is 1. The summed E-state index contributed by atoms with van der Waals surface area (Å²) in [6.07, 6.45) is -1.09. The van der Waals surface area contributed by atoms with E-state index in [4.69, 9.17) is 0 Å². The molecule has 1 atom stereocenters. The number of nitrogens with zero attached hydrogens (tertiary/aromatic N) is 2. The largest absolute Gasteiger partial charge is 0.416 e. The first-order valence-corrected chi connectivity index (χ1v) is 11.2. The highest BCUT2D eigenvalue weighted by atomic mass is 32.2. The fourth-order valence-corrected chi connectivity index (χ4v) is 5.59. The van der Waals surface area contributed by atoms with E-state index in [0.717, 1.165) is 18.9 Å². The van der Waals surface area contributed by atoms with Gasteiger partial charge in [0.05, 0.1) is 5.56 Å². The molecule has 0 spiro atoms. The maximum Gasteiger partial charge on any atom is 0.416 e. The maximum absolute atomic E-state index is 12.9. The van der Waals surface area contributed by atoms with Crippen LogP contribution in [0.25, 0.3) is 0 Å². The zero-order valence-electron chi connectivity index (χ0n) is 16.1. The van der Waals surface area contributed by atoms with Gasteiger partial charge in [0.25, 0.3) is 10.2 Å². The van der Waals surface area contributed by atoms with Crippen molar-refractivity contribution in [2.75, 3.05) is 26.2 Å². The van der Waals surface area contributed by atoms with Gasteiger partial charge in [0.15, 0.2) is 0 Å². The molecule has 0 aromatic heterocycles. The second-order valence-corrected chi connectivity index (χ2v) is 9.68. The first-order chi connectivity index (χ1) is 13.1. The summed E-state index contributed by atoms with van der Waals surface area (Å²) in [5, 5.41) is 0. The molecule has 3 rings (SSSR count). The molecule has 5 nitrogen and oxygen atoms in total. The van der Waals surface area contributed by atoms with Crippen molar-refractivity contribution in [1.29, 1.82) is 0 Å². The van der Waals surface area contributed by atoms with Crippen LogP contribution in [0.4, 0.5) is 13.2 Å². The van der Waals surface area contributed by atoms with Gasteiger partial charge in [-0.05, 0) is 43.2 Å². The molecule has 0 unspecified atom stereocenters. The van der Waals surface area contributed by atoms with Gasteiger partial charge in [-0.2, -0.15) is 30.6 Å². The lowest BCUT2D eigenvalue weighted by molar-refractivity contribution is -0.137. The van der Waals surface area contributed by atoms with Gasteiger partial charge in [-0.1, -0.05) is 25.1 Å². The minimum absolute atomic E-state index is 0.125. The normalized spacial score (nSPS) is 23.8. The van der Waals surface area contributed by atoms with Crippen LogP contribution in [0, 0.1) is 5.92 Å². The lowest BCUT2D eigenvalue weighted by Gasteiger charge is -2.35. The minimum atomic E-state index is -4.34. The van der Waals surface area contributed by atoms with Crippen molar-refractivity contribution in [2.24, 2.45) is 5.92 Å². The number of alkyl halides is 3. The summed E-state index contributed by atoms with van der Waals surface area (Å²) in [6, 6.07) is 5.26. The highest BCUT2D eigenvalue weighted by Gasteiger charge is 2.32. The van der Waals surface area contributed by atoms with Gasteiger partial charge in [0.1, 0.15) is 0 Å². The average Bonchev–Trinajstić information content (AvgIpc) is 2.63. The molecule has 0 aliphatic carbocycles. The van der Waals surface area contributed by atoms with Crippen LogP contribution >= 0.6 is 0 Å². The van der Waals surface area contributed by atoms with E-state index >= 15 is 0 Å². The molecule has 2 fully saturated rings. The van der Waals surface area contributed by atoms with Crippen LogP contribution in [0.3, 0.4) is 0 Å². The van der Waals surface area contributed by atoms with Crippen molar-refractivity contribution < 1.29 is 21.6 Å². The Hall–Kier alpha value is -1.16. The van der Waals surface area contributed by atoms with Crippen LogP contribution in [-0.4, -0.2) is 49.8 Å². The maximum atomic E-state index is 12.9. The van der Waals surface area contributed by atoms with Gasteiger partial charge in [-0.3, -0.25) is 4.90 Å². The summed E-state index contributed by atoms with van der Waals surface area (Å²) < 4.78 is 68.1. The standard InChI is InChI=1S/C19H28F3N3O2S/c1-15-4-3-9-25(13-15)28(26,27)23-18-7-10-24(11-8-18)14-16-5-2-6-17(12-16)19(20,21)22/h2,5-6,12,15,18,23H,3-4,7-11,13-14H2,1H3/t15-/m0/s1. The van der Waals surface area contributed by atoms with E-state index in [1.807, 2.05) is 0 Å². The zero-order chi connectivity index (χ0) is 20.4. The van der Waals surface area contributed by atoms with E-state index in [1.54, 1.807) is 6.07 Å². The first kappa shape index (κ1) is 21.5. The average molecular weight is 420 g/mol. The first-order valence-electron chi connectivity index (χ1n) is 9.79. The van der Waals surface area contributed by atoms with Crippen molar-refractivity contribution in [3.05, 3.63) is 35.4 Å². The van der Waals surface area contributed by atoms with Crippen molar-refractivity contribution in [2.45, 2.75) is 51.4 Å². The van der Waals surface area contributed by atoms with Crippen LogP contribution in [0.2, 0.25) is 0 Å². The molecular formula is C19H28F3N3O2S. The Morgan fingerprint density at radius 2 is 1.86 bits per heavy atom. The monoisotopic (exact) mass is 419 g/mol. The van der Waals surface area contributed by atoms with Gasteiger partial charge in [-0.15, -0.1) is 0 Å². The number of likely N-dealkylation sites (tertiary alicyclic amines) is 1. The number of benzene rings is 1. The fraction of sp³-hybridized carbons (Fsp3) is 0.684. The van der Waals surface area contributed by atoms with Gasteiger partial charge in [0, 0.05) is 38.8 Å². The third-order valence-corrected chi connectivity index (χ3v) is 7.17. The third-order valence-electron chi connectivity index (χ3n) is 5.52. The highest BCUT2D eigenvalue weighted by Crippen LogP contribution is 2.30. The van der Waals surface area contributed by atoms with Crippen molar-refractivity contribution in [3.63, 3.8) is 0 Å². The van der Waals surface area contributed by atoms with Crippen molar-refractivity contribution in [1.82, 2.24) is 13.9 Å².